The molecule has 1 rings (SSSR count). The van der Waals surface area contributed by atoms with Crippen molar-refractivity contribution in [3.8, 4) is 5.75 Å². The van der Waals surface area contributed by atoms with E-state index in [1.165, 1.54) is 0 Å². The number of hydrogen-bond acceptors (Lipinski definition) is 4. The van der Waals surface area contributed by atoms with Crippen LogP contribution in [0.2, 0.25) is 0 Å². The molecule has 0 aliphatic rings. The number of rotatable bonds is 7. The highest BCUT2D eigenvalue weighted by atomic mass is 16.5. The molecule has 0 spiro atoms. The third-order valence-electron chi connectivity index (χ3n) is 2.55. The zero-order valence-corrected chi connectivity index (χ0v) is 10.9. The van der Waals surface area contributed by atoms with E-state index in [0.29, 0.717) is 24.4 Å². The summed E-state index contributed by atoms with van der Waals surface area (Å²) in [5.41, 5.74) is 11.0. The van der Waals surface area contributed by atoms with E-state index in [1.807, 2.05) is 6.92 Å². The fourth-order valence-corrected chi connectivity index (χ4v) is 1.44. The monoisotopic (exact) mass is 265 g/mol. The topological polar surface area (TPSA) is 107 Å². The Bertz CT molecular complexity index is 431. The molecule has 19 heavy (non-hydrogen) atoms. The highest BCUT2D eigenvalue weighted by molar-refractivity contribution is 5.92. The molecule has 1 atom stereocenters. The molecule has 2 amide bonds. The normalized spacial score (nSPS) is 11.7. The Hall–Kier alpha value is -2.08. The van der Waals surface area contributed by atoms with Crippen molar-refractivity contribution in [2.45, 2.75) is 13.3 Å². The van der Waals surface area contributed by atoms with Crippen LogP contribution < -0.4 is 21.5 Å². The first-order valence-corrected chi connectivity index (χ1v) is 6.05. The first-order chi connectivity index (χ1) is 9.02. The number of primary amides is 1. The van der Waals surface area contributed by atoms with E-state index in [4.69, 9.17) is 16.2 Å². The minimum atomic E-state index is -0.534. The van der Waals surface area contributed by atoms with Crippen LogP contribution in [0.15, 0.2) is 24.3 Å². The van der Waals surface area contributed by atoms with Crippen LogP contribution in [0.1, 0.15) is 13.3 Å². The summed E-state index contributed by atoms with van der Waals surface area (Å²) < 4.78 is 5.11. The fourth-order valence-electron chi connectivity index (χ4n) is 1.44. The molecule has 6 heteroatoms. The Kier molecular flexibility index (Phi) is 5.81. The highest BCUT2D eigenvalue weighted by Crippen LogP contribution is 2.16. The van der Waals surface area contributed by atoms with Crippen molar-refractivity contribution in [3.05, 3.63) is 24.3 Å². The predicted molar refractivity (Wildman–Crippen MR) is 72.6 cm³/mol. The van der Waals surface area contributed by atoms with Crippen LogP contribution in [0.5, 0.6) is 5.75 Å². The van der Waals surface area contributed by atoms with Crippen molar-refractivity contribution in [2.75, 3.05) is 18.5 Å². The van der Waals surface area contributed by atoms with E-state index < -0.39 is 5.91 Å². The highest BCUT2D eigenvalue weighted by Gasteiger charge is 2.11. The second-order valence-electron chi connectivity index (χ2n) is 4.25. The minimum Gasteiger partial charge on any atom is -0.484 e. The number of benzene rings is 1. The molecule has 0 bridgehead atoms. The van der Waals surface area contributed by atoms with E-state index in [0.717, 1.165) is 0 Å². The van der Waals surface area contributed by atoms with E-state index in [1.54, 1.807) is 24.3 Å². The Labute approximate surface area is 112 Å². The summed E-state index contributed by atoms with van der Waals surface area (Å²) in [6, 6.07) is 6.71. The SMILES string of the molecule is CC(CCN)C(=O)Nc1ccc(OCC(N)=O)cc1. The van der Waals surface area contributed by atoms with E-state index >= 15 is 0 Å². The first-order valence-electron chi connectivity index (χ1n) is 6.05. The molecular formula is C13H19N3O3. The van der Waals surface area contributed by atoms with Crippen LogP contribution in [-0.2, 0) is 9.59 Å². The number of nitrogens with two attached hydrogens (primary N) is 2. The third kappa shape index (κ3) is 5.39. The summed E-state index contributed by atoms with van der Waals surface area (Å²) in [6.45, 7) is 2.14. The van der Waals surface area contributed by atoms with Gasteiger partial charge in [0, 0.05) is 11.6 Å². The zero-order valence-electron chi connectivity index (χ0n) is 10.9. The van der Waals surface area contributed by atoms with Gasteiger partial charge in [-0.2, -0.15) is 0 Å². The van der Waals surface area contributed by atoms with Gasteiger partial charge < -0.3 is 21.5 Å². The minimum absolute atomic E-state index is 0.0729. The standard InChI is InChI=1S/C13H19N3O3/c1-9(6-7-14)13(18)16-10-2-4-11(5-3-10)19-8-12(15)17/h2-5,9H,6-8,14H2,1H3,(H2,15,17)(H,16,18). The number of hydrogen-bond donors (Lipinski definition) is 3. The van der Waals surface area contributed by atoms with Gasteiger partial charge in [-0.1, -0.05) is 6.92 Å². The first kappa shape index (κ1) is 15.0. The lowest BCUT2D eigenvalue weighted by molar-refractivity contribution is -0.120. The molecule has 0 aliphatic carbocycles. The summed E-state index contributed by atoms with van der Waals surface area (Å²) in [5, 5.41) is 2.78. The van der Waals surface area contributed by atoms with Gasteiger partial charge >= 0.3 is 0 Å². The molecule has 0 radical (unpaired) electrons. The van der Waals surface area contributed by atoms with Crippen molar-refractivity contribution in [1.82, 2.24) is 0 Å². The summed E-state index contributed by atoms with van der Waals surface area (Å²) in [7, 11) is 0. The predicted octanol–water partition coefficient (Wildman–Crippen LogP) is 0.474. The van der Waals surface area contributed by atoms with Crippen molar-refractivity contribution in [1.29, 1.82) is 0 Å². The quantitative estimate of drug-likeness (QED) is 0.666. The van der Waals surface area contributed by atoms with Crippen LogP contribution in [0.4, 0.5) is 5.69 Å². The molecule has 0 fully saturated rings. The zero-order chi connectivity index (χ0) is 14.3. The molecule has 6 nitrogen and oxygen atoms in total. The van der Waals surface area contributed by atoms with Crippen molar-refractivity contribution in [3.63, 3.8) is 0 Å². The van der Waals surface area contributed by atoms with E-state index in [9.17, 15) is 9.59 Å². The summed E-state index contributed by atoms with van der Waals surface area (Å²) >= 11 is 0. The maximum Gasteiger partial charge on any atom is 0.255 e. The molecule has 0 saturated heterocycles. The molecule has 1 unspecified atom stereocenters. The van der Waals surface area contributed by atoms with Gasteiger partial charge in [0.1, 0.15) is 5.75 Å². The Morgan fingerprint density at radius 3 is 2.47 bits per heavy atom. The number of carbonyl (C=O) groups excluding carboxylic acids is 2. The summed E-state index contributed by atoms with van der Waals surface area (Å²) in [4.78, 5) is 22.3. The van der Waals surface area contributed by atoms with Gasteiger partial charge in [-0.05, 0) is 37.2 Å². The van der Waals surface area contributed by atoms with Gasteiger partial charge in [0.05, 0.1) is 0 Å². The van der Waals surface area contributed by atoms with Crippen molar-refractivity contribution < 1.29 is 14.3 Å². The molecular weight excluding hydrogens is 246 g/mol. The number of nitrogens with one attached hydrogen (secondary N) is 1. The maximum atomic E-state index is 11.7. The Morgan fingerprint density at radius 1 is 1.32 bits per heavy atom. The summed E-state index contributed by atoms with van der Waals surface area (Å²) in [6.07, 6.45) is 0.644. The maximum absolute atomic E-state index is 11.7. The van der Waals surface area contributed by atoms with E-state index in [2.05, 4.69) is 5.32 Å². The molecule has 1 aromatic rings. The fraction of sp³-hybridized carbons (Fsp3) is 0.385. The second kappa shape index (κ2) is 7.38. The number of ether oxygens (including phenoxy) is 1. The van der Waals surface area contributed by atoms with Crippen LogP contribution in [0.25, 0.3) is 0 Å². The van der Waals surface area contributed by atoms with Gasteiger partial charge in [0.2, 0.25) is 5.91 Å². The van der Waals surface area contributed by atoms with Gasteiger partial charge in [-0.25, -0.2) is 0 Å². The molecule has 1 aromatic carbocycles. The van der Waals surface area contributed by atoms with Crippen molar-refractivity contribution >= 4 is 17.5 Å². The molecule has 0 aromatic heterocycles. The Balaban J connectivity index is 2.52. The van der Waals surface area contributed by atoms with E-state index in [-0.39, 0.29) is 18.4 Å². The smallest absolute Gasteiger partial charge is 0.255 e. The van der Waals surface area contributed by atoms with Crippen LogP contribution in [-0.4, -0.2) is 25.0 Å². The summed E-state index contributed by atoms with van der Waals surface area (Å²) in [5.74, 6) is -0.216. The second-order valence-corrected chi connectivity index (χ2v) is 4.25. The van der Waals surface area contributed by atoms with Crippen LogP contribution >= 0.6 is 0 Å². The number of amides is 2. The molecule has 0 aliphatic heterocycles. The average Bonchev–Trinajstić information content (AvgIpc) is 2.38. The lowest BCUT2D eigenvalue weighted by atomic mass is 10.1. The van der Waals surface area contributed by atoms with Gasteiger partial charge in [0.15, 0.2) is 6.61 Å². The van der Waals surface area contributed by atoms with Crippen molar-refractivity contribution in [2.24, 2.45) is 17.4 Å². The van der Waals surface area contributed by atoms with Crippen LogP contribution in [0.3, 0.4) is 0 Å². The van der Waals surface area contributed by atoms with Gasteiger partial charge in [0.25, 0.3) is 5.91 Å². The van der Waals surface area contributed by atoms with Crippen LogP contribution in [0, 0.1) is 5.92 Å². The van der Waals surface area contributed by atoms with Gasteiger partial charge in [-0.3, -0.25) is 9.59 Å². The lowest BCUT2D eigenvalue weighted by Gasteiger charge is -2.11. The Morgan fingerprint density at radius 2 is 1.95 bits per heavy atom. The third-order valence-corrected chi connectivity index (χ3v) is 2.55. The largest absolute Gasteiger partial charge is 0.484 e. The average molecular weight is 265 g/mol. The number of anilines is 1. The molecule has 104 valence electrons. The van der Waals surface area contributed by atoms with Gasteiger partial charge in [-0.15, -0.1) is 0 Å². The lowest BCUT2D eigenvalue weighted by Crippen LogP contribution is -2.22. The number of carbonyl (C=O) groups is 2. The molecule has 0 saturated carbocycles. The molecule has 5 N–H and O–H groups in total. The molecule has 0 heterocycles.